The van der Waals surface area contributed by atoms with E-state index in [0.29, 0.717) is 6.04 Å². The molecule has 0 atom stereocenters. The smallest absolute Gasteiger partial charge is 0.128 e. The van der Waals surface area contributed by atoms with Crippen LogP contribution in [0.3, 0.4) is 0 Å². The normalized spacial score (nSPS) is 16.6. The van der Waals surface area contributed by atoms with Crippen molar-refractivity contribution in [2.24, 2.45) is 5.92 Å². The predicted octanol–water partition coefficient (Wildman–Crippen LogP) is 3.60. The Labute approximate surface area is 123 Å². The van der Waals surface area contributed by atoms with Gasteiger partial charge in [0.15, 0.2) is 0 Å². The molecule has 0 bridgehead atoms. The molecule has 0 amide bonds. The van der Waals surface area contributed by atoms with Gasteiger partial charge in [-0.25, -0.2) is 4.98 Å². The molecule has 1 N–H and O–H groups in total. The van der Waals surface area contributed by atoms with Gasteiger partial charge in [0.05, 0.1) is 0 Å². The van der Waals surface area contributed by atoms with E-state index in [0.717, 1.165) is 24.8 Å². The zero-order valence-corrected chi connectivity index (χ0v) is 13.2. The van der Waals surface area contributed by atoms with Gasteiger partial charge in [-0.1, -0.05) is 39.2 Å². The lowest BCUT2D eigenvalue weighted by molar-refractivity contribution is 0.361. The first-order chi connectivity index (χ1) is 9.65. The SMILES string of the molecule is CC(C)NCc1ccc(N(C)CC2CCCCC2)nc1. The van der Waals surface area contributed by atoms with Crippen LogP contribution >= 0.6 is 0 Å². The molecule has 2 rings (SSSR count). The molecule has 112 valence electrons. The Bertz CT molecular complexity index is 380. The number of nitrogens with one attached hydrogen (secondary N) is 1. The van der Waals surface area contributed by atoms with Gasteiger partial charge in [-0.2, -0.15) is 0 Å². The average Bonchev–Trinajstić information content (AvgIpc) is 2.46. The largest absolute Gasteiger partial charge is 0.359 e. The Morgan fingerprint density at radius 2 is 2.00 bits per heavy atom. The summed E-state index contributed by atoms with van der Waals surface area (Å²) in [6.45, 7) is 6.38. The van der Waals surface area contributed by atoms with Crippen LogP contribution in [0.4, 0.5) is 5.82 Å². The summed E-state index contributed by atoms with van der Waals surface area (Å²) in [5.41, 5.74) is 1.26. The van der Waals surface area contributed by atoms with E-state index in [1.165, 1.54) is 37.7 Å². The van der Waals surface area contributed by atoms with E-state index in [2.05, 4.69) is 48.2 Å². The van der Waals surface area contributed by atoms with Crippen LogP contribution in [0.2, 0.25) is 0 Å². The van der Waals surface area contributed by atoms with Crippen LogP contribution in [0.25, 0.3) is 0 Å². The molecule has 0 radical (unpaired) electrons. The number of aromatic nitrogens is 1. The molecule has 1 aromatic heterocycles. The Kier molecular flexibility index (Phi) is 5.84. The molecule has 0 aromatic carbocycles. The van der Waals surface area contributed by atoms with Crippen LogP contribution in [0, 0.1) is 5.92 Å². The average molecular weight is 275 g/mol. The monoisotopic (exact) mass is 275 g/mol. The molecule has 1 aromatic rings. The summed E-state index contributed by atoms with van der Waals surface area (Å²) in [5.74, 6) is 1.96. The zero-order chi connectivity index (χ0) is 14.4. The number of hydrogen-bond donors (Lipinski definition) is 1. The van der Waals surface area contributed by atoms with Gasteiger partial charge in [0.25, 0.3) is 0 Å². The first-order valence-corrected chi connectivity index (χ1v) is 8.04. The van der Waals surface area contributed by atoms with Crippen molar-refractivity contribution >= 4 is 5.82 Å². The fraction of sp³-hybridized carbons (Fsp3) is 0.706. The van der Waals surface area contributed by atoms with E-state index < -0.39 is 0 Å². The summed E-state index contributed by atoms with van der Waals surface area (Å²) in [7, 11) is 2.17. The molecule has 3 nitrogen and oxygen atoms in total. The molecule has 0 spiro atoms. The highest BCUT2D eigenvalue weighted by Gasteiger charge is 2.16. The van der Waals surface area contributed by atoms with Gasteiger partial charge < -0.3 is 10.2 Å². The van der Waals surface area contributed by atoms with Gasteiger partial charge in [0, 0.05) is 32.4 Å². The van der Waals surface area contributed by atoms with E-state index >= 15 is 0 Å². The third kappa shape index (κ3) is 4.78. The van der Waals surface area contributed by atoms with Crippen molar-refractivity contribution in [3.05, 3.63) is 23.9 Å². The maximum Gasteiger partial charge on any atom is 0.128 e. The number of nitrogens with zero attached hydrogens (tertiary/aromatic N) is 2. The molecule has 0 aliphatic heterocycles. The molecular formula is C17H29N3. The van der Waals surface area contributed by atoms with Gasteiger partial charge in [-0.3, -0.25) is 0 Å². The first kappa shape index (κ1) is 15.3. The Hall–Kier alpha value is -1.09. The minimum atomic E-state index is 0.517. The van der Waals surface area contributed by atoms with Gasteiger partial charge in [0.1, 0.15) is 5.82 Å². The predicted molar refractivity (Wildman–Crippen MR) is 86.1 cm³/mol. The number of rotatable bonds is 6. The zero-order valence-electron chi connectivity index (χ0n) is 13.2. The number of hydrogen-bond acceptors (Lipinski definition) is 3. The number of pyridine rings is 1. The minimum Gasteiger partial charge on any atom is -0.359 e. The van der Waals surface area contributed by atoms with Crippen molar-refractivity contribution in [2.45, 2.75) is 58.5 Å². The topological polar surface area (TPSA) is 28.2 Å². The second-order valence-electron chi connectivity index (χ2n) is 6.44. The second-order valence-corrected chi connectivity index (χ2v) is 6.44. The molecule has 0 unspecified atom stereocenters. The van der Waals surface area contributed by atoms with E-state index in [-0.39, 0.29) is 0 Å². The molecule has 1 fully saturated rings. The van der Waals surface area contributed by atoms with Crippen LogP contribution in [0.15, 0.2) is 18.3 Å². The van der Waals surface area contributed by atoms with Crippen LogP contribution < -0.4 is 10.2 Å². The lowest BCUT2D eigenvalue weighted by Gasteiger charge is -2.27. The summed E-state index contributed by atoms with van der Waals surface area (Å²) in [4.78, 5) is 6.92. The van der Waals surface area contributed by atoms with Crippen LogP contribution in [0.5, 0.6) is 0 Å². The van der Waals surface area contributed by atoms with Crippen LogP contribution in [-0.4, -0.2) is 24.6 Å². The van der Waals surface area contributed by atoms with E-state index in [1.54, 1.807) is 0 Å². The highest BCUT2D eigenvalue weighted by atomic mass is 15.2. The Morgan fingerprint density at radius 1 is 1.25 bits per heavy atom. The van der Waals surface area contributed by atoms with Crippen molar-refractivity contribution in [3.63, 3.8) is 0 Å². The fourth-order valence-corrected chi connectivity index (χ4v) is 2.92. The van der Waals surface area contributed by atoms with E-state index in [9.17, 15) is 0 Å². The van der Waals surface area contributed by atoms with Gasteiger partial charge in [-0.05, 0) is 30.4 Å². The minimum absolute atomic E-state index is 0.517. The van der Waals surface area contributed by atoms with Crippen molar-refractivity contribution in [2.75, 3.05) is 18.5 Å². The van der Waals surface area contributed by atoms with Gasteiger partial charge in [0.2, 0.25) is 0 Å². The van der Waals surface area contributed by atoms with Crippen molar-refractivity contribution < 1.29 is 0 Å². The molecule has 1 heterocycles. The van der Waals surface area contributed by atoms with Crippen molar-refractivity contribution in [1.82, 2.24) is 10.3 Å². The van der Waals surface area contributed by atoms with Crippen LogP contribution in [-0.2, 0) is 6.54 Å². The Balaban J connectivity index is 1.84. The van der Waals surface area contributed by atoms with Crippen LogP contribution in [0.1, 0.15) is 51.5 Å². The fourth-order valence-electron chi connectivity index (χ4n) is 2.92. The summed E-state index contributed by atoms with van der Waals surface area (Å²) in [6, 6.07) is 4.86. The standard InChI is InChI=1S/C17H29N3/c1-14(2)18-11-16-9-10-17(19-12-16)20(3)13-15-7-5-4-6-8-15/h9-10,12,14-15,18H,4-8,11,13H2,1-3H3. The molecule has 3 heteroatoms. The van der Waals surface area contributed by atoms with E-state index in [1.807, 2.05) is 6.20 Å². The highest BCUT2D eigenvalue weighted by Crippen LogP contribution is 2.25. The van der Waals surface area contributed by atoms with Gasteiger partial charge in [-0.15, -0.1) is 0 Å². The lowest BCUT2D eigenvalue weighted by atomic mass is 9.89. The van der Waals surface area contributed by atoms with Crippen molar-refractivity contribution in [3.8, 4) is 0 Å². The molecule has 0 saturated heterocycles. The molecular weight excluding hydrogens is 246 g/mol. The molecule has 1 aliphatic carbocycles. The Morgan fingerprint density at radius 3 is 2.60 bits per heavy atom. The molecule has 1 saturated carbocycles. The highest BCUT2D eigenvalue weighted by molar-refractivity contribution is 5.38. The molecule has 1 aliphatic rings. The summed E-state index contributed by atoms with van der Waals surface area (Å²) >= 11 is 0. The summed E-state index contributed by atoms with van der Waals surface area (Å²) in [6.07, 6.45) is 9.02. The number of anilines is 1. The summed E-state index contributed by atoms with van der Waals surface area (Å²) < 4.78 is 0. The molecule has 20 heavy (non-hydrogen) atoms. The third-order valence-corrected chi connectivity index (χ3v) is 4.17. The first-order valence-electron chi connectivity index (χ1n) is 8.04. The maximum absolute atomic E-state index is 4.61. The van der Waals surface area contributed by atoms with Gasteiger partial charge >= 0.3 is 0 Å². The quantitative estimate of drug-likeness (QED) is 0.860. The second kappa shape index (κ2) is 7.63. The lowest BCUT2D eigenvalue weighted by Crippen LogP contribution is -2.27. The summed E-state index contributed by atoms with van der Waals surface area (Å²) in [5, 5.41) is 3.42. The third-order valence-electron chi connectivity index (χ3n) is 4.17. The van der Waals surface area contributed by atoms with E-state index in [4.69, 9.17) is 0 Å². The maximum atomic E-state index is 4.61. The van der Waals surface area contributed by atoms with Crippen molar-refractivity contribution in [1.29, 1.82) is 0 Å².